The topological polar surface area (TPSA) is 71.2 Å². The maximum absolute atomic E-state index is 12.7. The van der Waals surface area contributed by atoms with E-state index in [0.717, 1.165) is 28.7 Å². The van der Waals surface area contributed by atoms with Gasteiger partial charge in [0.05, 0.1) is 43.6 Å². The molecule has 7 nitrogen and oxygen atoms in total. The molecule has 0 atom stereocenters. The molecule has 0 saturated heterocycles. The lowest BCUT2D eigenvalue weighted by Gasteiger charge is -2.16. The Labute approximate surface area is 206 Å². The van der Waals surface area contributed by atoms with Gasteiger partial charge < -0.3 is 9.47 Å². The summed E-state index contributed by atoms with van der Waals surface area (Å²) in [6.45, 7) is 5.10. The molecule has 0 aliphatic heterocycles. The largest absolute Gasteiger partial charge is 0.496 e. The summed E-state index contributed by atoms with van der Waals surface area (Å²) >= 11 is 0. The third-order valence-corrected chi connectivity index (χ3v) is 5.75. The van der Waals surface area contributed by atoms with E-state index in [0.29, 0.717) is 11.6 Å². The zero-order valence-electron chi connectivity index (χ0n) is 20.5. The van der Waals surface area contributed by atoms with Crippen LogP contribution < -0.4 is 9.47 Å². The van der Waals surface area contributed by atoms with Crippen LogP contribution in [0.2, 0.25) is 0 Å². The van der Waals surface area contributed by atoms with E-state index in [9.17, 15) is 18.0 Å². The second-order valence-electron chi connectivity index (χ2n) is 8.93. The molecule has 2 aromatic carbocycles. The van der Waals surface area contributed by atoms with E-state index in [1.807, 2.05) is 35.3 Å². The molecule has 0 aliphatic carbocycles. The quantitative estimate of drug-likeness (QED) is 0.260. The average Bonchev–Trinajstić information content (AvgIpc) is 3.47. The normalized spacial score (nSPS) is 11.9. The molecule has 0 fully saturated rings. The first-order valence-electron chi connectivity index (χ1n) is 11.5. The average molecular weight is 501 g/mol. The number of carbonyl (C=O) groups excluding carboxylic acids is 1. The van der Waals surface area contributed by atoms with Crippen molar-refractivity contribution in [2.24, 2.45) is 5.92 Å². The smallest absolute Gasteiger partial charge is 0.389 e. The number of nitrogens with zero attached hydrogens (tertiary/aromatic N) is 4. The van der Waals surface area contributed by atoms with Crippen LogP contribution in [-0.4, -0.2) is 45.5 Å². The highest BCUT2D eigenvalue weighted by Gasteiger charge is 2.30. The number of carbonyl (C=O) groups is 1. The van der Waals surface area contributed by atoms with Gasteiger partial charge in [0.1, 0.15) is 23.4 Å². The lowest BCUT2D eigenvalue weighted by molar-refractivity contribution is -0.133. The predicted molar refractivity (Wildman–Crippen MR) is 130 cm³/mol. The molecule has 4 aromatic rings. The van der Waals surface area contributed by atoms with Crippen LogP contribution in [-0.2, 0) is 6.54 Å². The van der Waals surface area contributed by atoms with Crippen molar-refractivity contribution in [3.63, 3.8) is 0 Å². The fourth-order valence-electron chi connectivity index (χ4n) is 4.08. The molecule has 0 amide bonds. The summed E-state index contributed by atoms with van der Waals surface area (Å²) in [4.78, 5) is 17.1. The van der Waals surface area contributed by atoms with Gasteiger partial charge in [-0.25, -0.2) is 4.98 Å². The molecule has 0 bridgehead atoms. The molecule has 0 radical (unpaired) electrons. The number of ketones is 1. The van der Waals surface area contributed by atoms with Crippen LogP contribution in [0.25, 0.3) is 27.8 Å². The summed E-state index contributed by atoms with van der Waals surface area (Å²) in [6.07, 6.45) is -0.883. The van der Waals surface area contributed by atoms with Gasteiger partial charge in [0.15, 0.2) is 5.78 Å². The Morgan fingerprint density at radius 2 is 1.75 bits per heavy atom. The van der Waals surface area contributed by atoms with Crippen LogP contribution in [0.5, 0.6) is 11.5 Å². The lowest BCUT2D eigenvalue weighted by atomic mass is 10.0. The summed E-state index contributed by atoms with van der Waals surface area (Å²) in [5, 5.41) is 4.43. The van der Waals surface area contributed by atoms with Crippen molar-refractivity contribution in [3.8, 4) is 28.3 Å². The Kier molecular flexibility index (Phi) is 7.05. The zero-order chi connectivity index (χ0) is 26.0. The van der Waals surface area contributed by atoms with Crippen LogP contribution >= 0.6 is 0 Å². The second-order valence-corrected chi connectivity index (χ2v) is 8.93. The van der Waals surface area contributed by atoms with Crippen molar-refractivity contribution >= 4 is 16.8 Å². The Balaban J connectivity index is 1.69. The van der Waals surface area contributed by atoms with Crippen molar-refractivity contribution in [3.05, 3.63) is 54.6 Å². The molecule has 10 heteroatoms. The van der Waals surface area contributed by atoms with Gasteiger partial charge in [0, 0.05) is 36.9 Å². The van der Waals surface area contributed by atoms with Crippen molar-refractivity contribution < 1.29 is 27.4 Å². The van der Waals surface area contributed by atoms with E-state index in [1.165, 1.54) is 14.2 Å². The first kappa shape index (κ1) is 25.3. The molecular weight excluding hydrogens is 473 g/mol. The third-order valence-electron chi connectivity index (χ3n) is 5.75. The van der Waals surface area contributed by atoms with Crippen LogP contribution in [0, 0.1) is 5.92 Å². The zero-order valence-corrected chi connectivity index (χ0v) is 20.5. The number of Topliss-reactive ketones (excluding diaryl/α,β-unsaturated/α-hetero) is 1. The van der Waals surface area contributed by atoms with Gasteiger partial charge in [-0.1, -0.05) is 19.9 Å². The SMILES string of the molecule is COc1cc(-n2cnc3cc(-c4cnn(CC(C)C)c4)ccc32)cc(OC)c1C(=O)CCC(F)(F)F. The highest BCUT2D eigenvalue weighted by molar-refractivity contribution is 6.02. The van der Waals surface area contributed by atoms with Gasteiger partial charge in [-0.05, 0) is 23.6 Å². The first-order chi connectivity index (χ1) is 17.1. The van der Waals surface area contributed by atoms with Gasteiger partial charge in [-0.2, -0.15) is 18.3 Å². The van der Waals surface area contributed by atoms with E-state index in [2.05, 4.69) is 23.9 Å². The molecule has 4 rings (SSSR count). The monoisotopic (exact) mass is 500 g/mol. The fourth-order valence-corrected chi connectivity index (χ4v) is 4.08. The number of hydrogen-bond donors (Lipinski definition) is 0. The van der Waals surface area contributed by atoms with E-state index in [-0.39, 0.29) is 17.1 Å². The Morgan fingerprint density at radius 1 is 1.06 bits per heavy atom. The van der Waals surface area contributed by atoms with Crippen LogP contribution in [0.4, 0.5) is 13.2 Å². The molecule has 0 unspecified atom stereocenters. The molecule has 36 heavy (non-hydrogen) atoms. The minimum absolute atomic E-state index is 0.0156. The van der Waals surface area contributed by atoms with Crippen molar-refractivity contribution in [2.75, 3.05) is 14.2 Å². The molecule has 190 valence electrons. The lowest BCUT2D eigenvalue weighted by Crippen LogP contribution is -2.13. The summed E-state index contributed by atoms with van der Waals surface area (Å²) in [5.41, 5.74) is 4.08. The van der Waals surface area contributed by atoms with Crippen LogP contribution in [0.3, 0.4) is 0 Å². The number of ether oxygens (including phenoxy) is 2. The Morgan fingerprint density at radius 3 is 2.36 bits per heavy atom. The second kappa shape index (κ2) is 10.0. The molecular formula is C26H27F3N4O3. The Hall–Kier alpha value is -3.82. The van der Waals surface area contributed by atoms with Gasteiger partial charge in [-0.15, -0.1) is 0 Å². The van der Waals surface area contributed by atoms with Crippen LogP contribution in [0.1, 0.15) is 37.0 Å². The number of fused-ring (bicyclic) bond motifs is 1. The summed E-state index contributed by atoms with van der Waals surface area (Å²) in [7, 11) is 2.72. The number of alkyl halides is 3. The van der Waals surface area contributed by atoms with Crippen LogP contribution in [0.15, 0.2) is 49.1 Å². The van der Waals surface area contributed by atoms with Gasteiger partial charge >= 0.3 is 6.18 Å². The van der Waals surface area contributed by atoms with Crippen molar-refractivity contribution in [2.45, 2.75) is 39.4 Å². The third kappa shape index (κ3) is 5.37. The first-order valence-corrected chi connectivity index (χ1v) is 11.5. The molecule has 0 aliphatic rings. The van der Waals surface area contributed by atoms with E-state index in [1.54, 1.807) is 23.0 Å². The van der Waals surface area contributed by atoms with E-state index in [4.69, 9.17) is 9.47 Å². The van der Waals surface area contributed by atoms with Gasteiger partial charge in [0.2, 0.25) is 0 Å². The number of methoxy groups -OCH3 is 2. The number of aromatic nitrogens is 4. The number of benzene rings is 2. The van der Waals surface area contributed by atoms with E-state index >= 15 is 0 Å². The highest BCUT2D eigenvalue weighted by Crippen LogP contribution is 2.36. The minimum Gasteiger partial charge on any atom is -0.496 e. The van der Waals surface area contributed by atoms with Gasteiger partial charge in [-0.3, -0.25) is 14.0 Å². The fraction of sp³-hybridized carbons (Fsp3) is 0.346. The van der Waals surface area contributed by atoms with Crippen molar-refractivity contribution in [1.82, 2.24) is 19.3 Å². The number of imidazole rings is 1. The highest BCUT2D eigenvalue weighted by atomic mass is 19.4. The standard InChI is InChI=1S/C26H27F3N4O3/c1-16(2)13-32-14-18(12-31-32)17-5-6-21-20(9-17)30-15-33(21)19-10-23(35-3)25(24(11-19)36-4)22(34)7-8-26(27,28)29/h5-6,9-12,14-16H,7-8,13H2,1-4H3. The molecule has 0 spiro atoms. The summed E-state index contributed by atoms with van der Waals surface area (Å²) in [6, 6.07) is 9.05. The summed E-state index contributed by atoms with van der Waals surface area (Å²) < 4.78 is 52.4. The van der Waals surface area contributed by atoms with Crippen molar-refractivity contribution in [1.29, 1.82) is 0 Å². The van der Waals surface area contributed by atoms with Gasteiger partial charge in [0.25, 0.3) is 0 Å². The maximum Gasteiger partial charge on any atom is 0.389 e. The number of hydrogen-bond acceptors (Lipinski definition) is 5. The molecule has 2 aromatic heterocycles. The molecule has 0 N–H and O–H groups in total. The number of rotatable bonds is 9. The summed E-state index contributed by atoms with van der Waals surface area (Å²) in [5.74, 6) is 0.0436. The molecule has 0 saturated carbocycles. The molecule has 2 heterocycles. The van der Waals surface area contributed by atoms with E-state index < -0.39 is 24.8 Å². The predicted octanol–water partition coefficient (Wildman–Crippen LogP) is 6.09. The maximum atomic E-state index is 12.7. The Bertz CT molecular complexity index is 1360. The minimum atomic E-state index is -4.43. The number of halogens is 3.